The van der Waals surface area contributed by atoms with Crippen molar-refractivity contribution >= 4 is 16.3 Å². The molecule has 0 saturated carbocycles. The van der Waals surface area contributed by atoms with Crippen molar-refractivity contribution in [3.8, 4) is 0 Å². The van der Waals surface area contributed by atoms with Gasteiger partial charge in [0, 0.05) is 31.3 Å². The molecule has 5 heteroatoms. The van der Waals surface area contributed by atoms with Crippen molar-refractivity contribution in [1.29, 1.82) is 0 Å². The first-order valence-electron chi connectivity index (χ1n) is 5.19. The summed E-state index contributed by atoms with van der Waals surface area (Å²) < 4.78 is 7.13. The number of rotatable bonds is 4. The third-order valence-electron chi connectivity index (χ3n) is 2.91. The molecule has 2 unspecified atom stereocenters. The maximum atomic E-state index is 10.2. The van der Waals surface area contributed by atoms with Gasteiger partial charge in [-0.15, -0.1) is 11.3 Å². The van der Waals surface area contributed by atoms with E-state index in [4.69, 9.17) is 4.74 Å². The van der Waals surface area contributed by atoms with Crippen LogP contribution in [0.5, 0.6) is 0 Å². The van der Waals surface area contributed by atoms with Gasteiger partial charge in [0.15, 0.2) is 4.96 Å². The molecule has 16 heavy (non-hydrogen) atoms. The summed E-state index contributed by atoms with van der Waals surface area (Å²) in [5, 5.41) is 12.2. The molecule has 2 rings (SSSR count). The average molecular weight is 240 g/mol. The van der Waals surface area contributed by atoms with Gasteiger partial charge in [-0.3, -0.25) is 4.40 Å². The Morgan fingerprint density at radius 2 is 2.44 bits per heavy atom. The smallest absolute Gasteiger partial charge is 0.193 e. The lowest BCUT2D eigenvalue weighted by Gasteiger charge is -2.28. The summed E-state index contributed by atoms with van der Waals surface area (Å²) >= 11 is 1.59. The van der Waals surface area contributed by atoms with Crippen molar-refractivity contribution < 1.29 is 9.84 Å². The number of imidazole rings is 1. The summed E-state index contributed by atoms with van der Waals surface area (Å²) in [5.41, 5.74) is -0.000514. The number of methoxy groups -OCH3 is 1. The van der Waals surface area contributed by atoms with Gasteiger partial charge in [-0.2, -0.15) is 0 Å². The minimum Gasteiger partial charge on any atom is -0.387 e. The van der Waals surface area contributed by atoms with E-state index < -0.39 is 5.60 Å². The highest BCUT2D eigenvalue weighted by Crippen LogP contribution is 2.20. The van der Waals surface area contributed by atoms with Crippen LogP contribution in [0.2, 0.25) is 0 Å². The van der Waals surface area contributed by atoms with Crippen LogP contribution < -0.4 is 0 Å². The van der Waals surface area contributed by atoms with Gasteiger partial charge in [-0.05, 0) is 13.8 Å². The van der Waals surface area contributed by atoms with Gasteiger partial charge in [0.2, 0.25) is 0 Å². The molecule has 2 aromatic rings. The largest absolute Gasteiger partial charge is 0.387 e. The van der Waals surface area contributed by atoms with Gasteiger partial charge in [0.25, 0.3) is 0 Å². The predicted octanol–water partition coefficient (Wildman–Crippen LogP) is 1.72. The summed E-state index contributed by atoms with van der Waals surface area (Å²) in [6.45, 7) is 3.63. The second-order valence-electron chi connectivity index (χ2n) is 4.24. The maximum absolute atomic E-state index is 10.2. The molecule has 0 bridgehead atoms. The van der Waals surface area contributed by atoms with Gasteiger partial charge in [-0.25, -0.2) is 4.98 Å². The molecular weight excluding hydrogens is 224 g/mol. The molecule has 0 aliphatic heterocycles. The Hall–Kier alpha value is -0.910. The number of aromatic nitrogens is 2. The zero-order chi connectivity index (χ0) is 11.8. The Bertz CT molecular complexity index is 446. The van der Waals surface area contributed by atoms with Gasteiger partial charge < -0.3 is 9.84 Å². The first-order chi connectivity index (χ1) is 7.53. The van der Waals surface area contributed by atoms with Crippen molar-refractivity contribution in [2.75, 3.05) is 7.11 Å². The highest BCUT2D eigenvalue weighted by Gasteiger charge is 2.29. The van der Waals surface area contributed by atoms with Crippen LogP contribution in [-0.2, 0) is 11.2 Å². The summed E-state index contributed by atoms with van der Waals surface area (Å²) in [5.74, 6) is 0. The Labute approximate surface area is 98.5 Å². The molecular formula is C11H16N2O2S. The monoisotopic (exact) mass is 240 g/mol. The van der Waals surface area contributed by atoms with Crippen LogP contribution in [0, 0.1) is 0 Å². The molecule has 2 atom stereocenters. The van der Waals surface area contributed by atoms with E-state index in [1.54, 1.807) is 25.4 Å². The summed E-state index contributed by atoms with van der Waals surface area (Å²) in [4.78, 5) is 5.40. The first-order valence-corrected chi connectivity index (χ1v) is 6.07. The minimum absolute atomic E-state index is 0.216. The highest BCUT2D eigenvalue weighted by molar-refractivity contribution is 7.15. The molecule has 0 saturated heterocycles. The van der Waals surface area contributed by atoms with Crippen LogP contribution >= 0.6 is 11.3 Å². The number of hydrogen-bond acceptors (Lipinski definition) is 4. The maximum Gasteiger partial charge on any atom is 0.193 e. The fourth-order valence-corrected chi connectivity index (χ4v) is 2.34. The normalized spacial score (nSPS) is 17.5. The predicted molar refractivity (Wildman–Crippen MR) is 63.9 cm³/mol. The third kappa shape index (κ3) is 2.11. The molecule has 0 aliphatic carbocycles. The lowest BCUT2D eigenvalue weighted by Crippen LogP contribution is -2.40. The van der Waals surface area contributed by atoms with Crippen LogP contribution in [0.4, 0.5) is 0 Å². The number of hydrogen-bond donors (Lipinski definition) is 1. The number of thiazole rings is 1. The average Bonchev–Trinajstić information content (AvgIpc) is 2.75. The molecule has 2 aromatic heterocycles. The van der Waals surface area contributed by atoms with Crippen LogP contribution in [-0.4, -0.2) is 33.3 Å². The zero-order valence-electron chi connectivity index (χ0n) is 9.67. The third-order valence-corrected chi connectivity index (χ3v) is 3.68. The molecule has 88 valence electrons. The van der Waals surface area contributed by atoms with Gasteiger partial charge >= 0.3 is 0 Å². The van der Waals surface area contributed by atoms with Crippen molar-refractivity contribution in [2.24, 2.45) is 0 Å². The Balaban J connectivity index is 2.18. The first kappa shape index (κ1) is 11.6. The summed E-state index contributed by atoms with van der Waals surface area (Å²) in [6.07, 6.45) is 4.19. The lowest BCUT2D eigenvalue weighted by atomic mass is 9.95. The molecule has 0 aliphatic rings. The fraction of sp³-hybridized carbons (Fsp3) is 0.545. The molecule has 0 amide bonds. The Morgan fingerprint density at radius 3 is 3.06 bits per heavy atom. The highest BCUT2D eigenvalue weighted by atomic mass is 32.1. The van der Waals surface area contributed by atoms with Gasteiger partial charge in [-0.1, -0.05) is 0 Å². The summed E-state index contributed by atoms with van der Waals surface area (Å²) in [6, 6.07) is 0. The van der Waals surface area contributed by atoms with Crippen LogP contribution in [0.3, 0.4) is 0 Å². The van der Waals surface area contributed by atoms with E-state index in [-0.39, 0.29) is 6.10 Å². The van der Waals surface area contributed by atoms with Crippen molar-refractivity contribution in [3.05, 3.63) is 23.5 Å². The molecule has 2 heterocycles. The van der Waals surface area contributed by atoms with E-state index in [0.717, 1.165) is 10.7 Å². The van der Waals surface area contributed by atoms with E-state index >= 15 is 0 Å². The number of nitrogens with zero attached hydrogens (tertiary/aromatic N) is 2. The van der Waals surface area contributed by atoms with E-state index in [1.165, 1.54) is 0 Å². The van der Waals surface area contributed by atoms with Crippen molar-refractivity contribution in [1.82, 2.24) is 9.38 Å². The standard InChI is InChI=1S/C11H16N2O2S/c1-8(15-3)11(2,14)6-9-7-13-4-5-16-10(13)12-9/h4-5,7-8,14H,6H2,1-3H3. The van der Waals surface area contributed by atoms with Crippen LogP contribution in [0.1, 0.15) is 19.5 Å². The molecule has 0 spiro atoms. The van der Waals surface area contributed by atoms with Crippen LogP contribution in [0.25, 0.3) is 4.96 Å². The molecule has 0 fully saturated rings. The van der Waals surface area contributed by atoms with Gasteiger partial charge in [0.05, 0.1) is 17.4 Å². The quantitative estimate of drug-likeness (QED) is 0.885. The fourth-order valence-electron chi connectivity index (χ4n) is 1.63. The Morgan fingerprint density at radius 1 is 1.69 bits per heavy atom. The van der Waals surface area contributed by atoms with E-state index in [1.807, 2.05) is 29.1 Å². The zero-order valence-corrected chi connectivity index (χ0v) is 10.5. The SMILES string of the molecule is COC(C)C(C)(O)Cc1cn2ccsc2n1. The number of aliphatic hydroxyl groups is 1. The van der Waals surface area contributed by atoms with E-state index in [0.29, 0.717) is 6.42 Å². The van der Waals surface area contributed by atoms with Crippen molar-refractivity contribution in [3.63, 3.8) is 0 Å². The van der Waals surface area contributed by atoms with E-state index in [9.17, 15) is 5.11 Å². The Kier molecular flexibility index (Phi) is 3.01. The number of ether oxygens (including phenoxy) is 1. The van der Waals surface area contributed by atoms with Crippen molar-refractivity contribution in [2.45, 2.75) is 32.0 Å². The molecule has 0 radical (unpaired) electrons. The number of fused-ring (bicyclic) bond motifs is 1. The second-order valence-corrected chi connectivity index (χ2v) is 5.11. The summed E-state index contributed by atoms with van der Waals surface area (Å²) in [7, 11) is 1.60. The topological polar surface area (TPSA) is 46.8 Å². The second kappa shape index (κ2) is 4.16. The molecule has 0 aromatic carbocycles. The van der Waals surface area contributed by atoms with E-state index in [2.05, 4.69) is 4.98 Å². The molecule has 4 nitrogen and oxygen atoms in total. The lowest BCUT2D eigenvalue weighted by molar-refractivity contribution is -0.0720. The van der Waals surface area contributed by atoms with Gasteiger partial charge in [0.1, 0.15) is 0 Å². The minimum atomic E-state index is -0.890. The molecule has 1 N–H and O–H groups in total. The van der Waals surface area contributed by atoms with Crippen LogP contribution in [0.15, 0.2) is 17.8 Å².